The molecule has 0 saturated carbocycles. The van der Waals surface area contributed by atoms with Crippen LogP contribution in [0, 0.1) is 0 Å². The zero-order chi connectivity index (χ0) is 26.2. The fraction of sp³-hybridized carbons (Fsp3) is 0.367. The predicted octanol–water partition coefficient (Wildman–Crippen LogP) is 8.01. The Morgan fingerprint density at radius 1 is 1.20 bits per heavy atom. The Morgan fingerprint density at radius 2 is 1.89 bits per heavy atom. The van der Waals surface area contributed by atoms with Gasteiger partial charge >= 0.3 is 5.97 Å². The topological polar surface area (TPSA) is 38.8 Å². The summed E-state index contributed by atoms with van der Waals surface area (Å²) in [4.78, 5) is 14.4. The summed E-state index contributed by atoms with van der Waals surface area (Å²) in [5.41, 5.74) is 5.36. The second-order valence-electron chi connectivity index (χ2n) is 7.94. The van der Waals surface area contributed by atoms with Gasteiger partial charge in [0.05, 0.1) is 30.6 Å². The largest absolute Gasteiger partial charge is 0.462 e. The van der Waals surface area contributed by atoms with Gasteiger partial charge in [-0.1, -0.05) is 91.5 Å². The highest BCUT2D eigenvalue weighted by molar-refractivity contribution is 9.09. The van der Waals surface area contributed by atoms with Crippen molar-refractivity contribution in [2.75, 3.05) is 11.9 Å². The molecule has 4 nitrogen and oxygen atoms in total. The summed E-state index contributed by atoms with van der Waals surface area (Å²) in [6.07, 6.45) is 11.0. The first kappa shape index (κ1) is 30.4. The van der Waals surface area contributed by atoms with E-state index in [2.05, 4.69) is 48.2 Å². The lowest BCUT2D eigenvalue weighted by molar-refractivity contribution is -0.138. The number of hydrogen-bond acceptors (Lipinski definition) is 4. The van der Waals surface area contributed by atoms with Crippen LogP contribution in [0.15, 0.2) is 102 Å². The lowest BCUT2D eigenvalue weighted by Crippen LogP contribution is -2.32. The van der Waals surface area contributed by atoms with Crippen molar-refractivity contribution in [2.24, 2.45) is 0 Å². The van der Waals surface area contributed by atoms with E-state index < -0.39 is 0 Å². The van der Waals surface area contributed by atoms with Crippen LogP contribution < -0.4 is 0 Å². The van der Waals surface area contributed by atoms with Crippen molar-refractivity contribution in [3.8, 4) is 0 Å². The molecule has 1 unspecified atom stereocenters. The van der Waals surface area contributed by atoms with Crippen LogP contribution in [-0.2, 0) is 20.9 Å². The number of esters is 1. The third kappa shape index (κ3) is 9.50. The molecule has 0 fully saturated rings. The Hall–Kier alpha value is -2.63. The molecule has 35 heavy (non-hydrogen) atoms. The minimum absolute atomic E-state index is 0.192. The molecule has 1 aliphatic heterocycles. The molecular weight excluding hydrogens is 502 g/mol. The van der Waals surface area contributed by atoms with Crippen LogP contribution in [0.2, 0.25) is 0 Å². The molecular formula is C30H40BrNO3. The van der Waals surface area contributed by atoms with E-state index in [0.29, 0.717) is 24.5 Å². The third-order valence-corrected chi connectivity index (χ3v) is 6.03. The van der Waals surface area contributed by atoms with Gasteiger partial charge in [-0.05, 0) is 56.4 Å². The van der Waals surface area contributed by atoms with Crippen LogP contribution in [-0.4, -0.2) is 28.9 Å². The number of ether oxygens (including phenoxy) is 2. The van der Waals surface area contributed by atoms with Crippen molar-refractivity contribution in [1.29, 1.82) is 0 Å². The number of carbonyl (C=O) groups excluding carboxylic acids is 1. The second-order valence-corrected chi connectivity index (χ2v) is 8.50. The van der Waals surface area contributed by atoms with Gasteiger partial charge in [0.2, 0.25) is 0 Å². The van der Waals surface area contributed by atoms with Crippen LogP contribution >= 0.6 is 15.9 Å². The van der Waals surface area contributed by atoms with Gasteiger partial charge in [-0.25, -0.2) is 4.79 Å². The molecule has 0 spiro atoms. The molecule has 1 heterocycles. The van der Waals surface area contributed by atoms with Gasteiger partial charge in [-0.15, -0.1) is 0 Å². The fourth-order valence-electron chi connectivity index (χ4n) is 3.51. The average molecular weight is 543 g/mol. The summed E-state index contributed by atoms with van der Waals surface area (Å²) in [5, 5.41) is 0.952. The van der Waals surface area contributed by atoms with E-state index in [1.807, 2.05) is 69.0 Å². The molecule has 190 valence electrons. The molecule has 5 heteroatoms. The van der Waals surface area contributed by atoms with Crippen molar-refractivity contribution in [3.05, 3.63) is 108 Å². The van der Waals surface area contributed by atoms with Gasteiger partial charge in [0.25, 0.3) is 0 Å². The van der Waals surface area contributed by atoms with Gasteiger partial charge in [-0.3, -0.25) is 0 Å². The van der Waals surface area contributed by atoms with Crippen LogP contribution in [0.25, 0.3) is 0 Å². The Bertz CT molecular complexity index is 954. The molecule has 0 N–H and O–H groups in total. The average Bonchev–Trinajstić information content (AvgIpc) is 2.88. The highest BCUT2D eigenvalue weighted by Crippen LogP contribution is 2.33. The highest BCUT2D eigenvalue weighted by atomic mass is 79.9. The normalized spacial score (nSPS) is 14.9. The number of rotatable bonds is 11. The van der Waals surface area contributed by atoms with Gasteiger partial charge in [-0.2, -0.15) is 0 Å². The van der Waals surface area contributed by atoms with E-state index in [4.69, 9.17) is 9.47 Å². The number of carbonyl (C=O) groups is 1. The Kier molecular flexibility index (Phi) is 14.7. The number of benzene rings is 1. The van der Waals surface area contributed by atoms with Gasteiger partial charge in [0, 0.05) is 17.2 Å². The molecule has 1 aromatic rings. The van der Waals surface area contributed by atoms with Crippen molar-refractivity contribution < 1.29 is 14.3 Å². The number of nitrogens with zero attached hydrogens (tertiary/aromatic N) is 1. The molecule has 0 saturated heterocycles. The maximum atomic E-state index is 12.5. The van der Waals surface area contributed by atoms with Crippen molar-refractivity contribution in [3.63, 3.8) is 0 Å². The quantitative estimate of drug-likeness (QED) is 0.161. The predicted molar refractivity (Wildman–Crippen MR) is 151 cm³/mol. The molecule has 0 aromatic heterocycles. The summed E-state index contributed by atoms with van der Waals surface area (Å²) >= 11 is 3.36. The van der Waals surface area contributed by atoms with Crippen molar-refractivity contribution >= 4 is 21.9 Å². The summed E-state index contributed by atoms with van der Waals surface area (Å²) < 4.78 is 11.6. The van der Waals surface area contributed by atoms with E-state index in [0.717, 1.165) is 35.0 Å². The standard InChI is InChI=1S/C23H29NO3.C7H11Br/c1-6-14-26-23(25)20-15-17(4)24(8-3)22(18(20)5)21(7-2)27-16-19-12-10-9-11-13-19;1-3-5-7(4-2)6-8/h8-13,15,21H,3-4,6-7,14,16H2,1-2,5H3;3-5H,6H2,1-2H3/b;5-3-,7-4+. The second kappa shape index (κ2) is 16.9. The molecule has 1 aromatic carbocycles. The summed E-state index contributed by atoms with van der Waals surface area (Å²) in [6.45, 7) is 18.9. The van der Waals surface area contributed by atoms with Crippen LogP contribution in [0.1, 0.15) is 53.0 Å². The Morgan fingerprint density at radius 3 is 2.37 bits per heavy atom. The summed E-state index contributed by atoms with van der Waals surface area (Å²) in [5.74, 6) is -0.324. The zero-order valence-corrected chi connectivity index (χ0v) is 23.4. The third-order valence-electron chi connectivity index (χ3n) is 5.38. The van der Waals surface area contributed by atoms with Gasteiger partial charge in [0.1, 0.15) is 0 Å². The molecule has 0 aliphatic carbocycles. The first-order valence-corrected chi connectivity index (χ1v) is 13.2. The lowest BCUT2D eigenvalue weighted by atomic mass is 9.95. The lowest BCUT2D eigenvalue weighted by Gasteiger charge is -2.35. The fourth-order valence-corrected chi connectivity index (χ4v) is 4.02. The number of allylic oxidation sites excluding steroid dienone is 5. The zero-order valence-electron chi connectivity index (χ0n) is 21.9. The Balaban J connectivity index is 0.000000658. The van der Waals surface area contributed by atoms with E-state index >= 15 is 0 Å². The van der Waals surface area contributed by atoms with E-state index in [1.54, 1.807) is 12.3 Å². The first-order chi connectivity index (χ1) is 16.9. The first-order valence-electron chi connectivity index (χ1n) is 12.1. The Labute approximate surface area is 220 Å². The van der Waals surface area contributed by atoms with Crippen LogP contribution in [0.5, 0.6) is 0 Å². The number of halogens is 1. The van der Waals surface area contributed by atoms with Gasteiger partial charge < -0.3 is 14.4 Å². The van der Waals surface area contributed by atoms with Crippen molar-refractivity contribution in [1.82, 2.24) is 4.90 Å². The number of hydrogen-bond donors (Lipinski definition) is 0. The van der Waals surface area contributed by atoms with E-state index in [9.17, 15) is 4.79 Å². The van der Waals surface area contributed by atoms with Crippen molar-refractivity contribution in [2.45, 2.75) is 60.2 Å². The number of alkyl halides is 1. The summed E-state index contributed by atoms with van der Waals surface area (Å²) in [7, 11) is 0. The molecule has 0 radical (unpaired) electrons. The smallest absolute Gasteiger partial charge is 0.338 e. The molecule has 1 aliphatic rings. The monoisotopic (exact) mass is 541 g/mol. The summed E-state index contributed by atoms with van der Waals surface area (Å²) in [6, 6.07) is 10.0. The van der Waals surface area contributed by atoms with Crippen LogP contribution in [0.4, 0.5) is 0 Å². The molecule has 2 rings (SSSR count). The maximum Gasteiger partial charge on any atom is 0.338 e. The SMILES string of the molecule is C/C=C\C(=C/C)CBr.C=CN1C(=C)C=C(C(=O)OCCC)C(C)=C1C(CC)OCc1ccccc1. The van der Waals surface area contributed by atoms with Gasteiger partial charge in [0.15, 0.2) is 0 Å². The molecule has 0 bridgehead atoms. The minimum atomic E-state index is -0.324. The maximum absolute atomic E-state index is 12.5. The molecule has 1 atom stereocenters. The van der Waals surface area contributed by atoms with E-state index in [-0.39, 0.29) is 12.1 Å². The van der Waals surface area contributed by atoms with Crippen LogP contribution in [0.3, 0.4) is 0 Å². The minimum Gasteiger partial charge on any atom is -0.462 e. The van der Waals surface area contributed by atoms with E-state index in [1.165, 1.54) is 5.57 Å². The highest BCUT2D eigenvalue weighted by Gasteiger charge is 2.30. The molecule has 0 amide bonds.